The van der Waals surface area contributed by atoms with Gasteiger partial charge in [-0.15, -0.1) is 0 Å². The third-order valence-electron chi connectivity index (χ3n) is 3.75. The molecular weight excluding hydrogens is 262 g/mol. The van der Waals surface area contributed by atoms with Gasteiger partial charge in [-0.2, -0.15) is 0 Å². The number of pyridine rings is 1. The van der Waals surface area contributed by atoms with Crippen molar-refractivity contribution in [1.82, 2.24) is 19.9 Å². The summed E-state index contributed by atoms with van der Waals surface area (Å²) in [5.74, 6) is 0.691. The number of hydrogen-bond acceptors (Lipinski definition) is 5. The Labute approximate surface area is 125 Å². The zero-order valence-electron chi connectivity index (χ0n) is 12.2. The summed E-state index contributed by atoms with van der Waals surface area (Å²) in [5, 5.41) is 3.28. The van der Waals surface area contributed by atoms with E-state index in [1.165, 1.54) is 32.5 Å². The molecule has 21 heavy (non-hydrogen) atoms. The average Bonchev–Trinajstić information content (AvgIpc) is 3.06. The molecule has 0 bridgehead atoms. The van der Waals surface area contributed by atoms with Crippen LogP contribution in [0.25, 0.3) is 11.3 Å². The van der Waals surface area contributed by atoms with Crippen LogP contribution in [0.5, 0.6) is 0 Å². The minimum atomic E-state index is 0.691. The Hall–Kier alpha value is -2.01. The van der Waals surface area contributed by atoms with Crippen LogP contribution in [0.15, 0.2) is 36.8 Å². The van der Waals surface area contributed by atoms with Crippen LogP contribution >= 0.6 is 0 Å². The second-order valence-electron chi connectivity index (χ2n) is 5.34. The van der Waals surface area contributed by atoms with E-state index in [0.29, 0.717) is 5.95 Å². The minimum absolute atomic E-state index is 0.691. The van der Waals surface area contributed by atoms with Gasteiger partial charge in [-0.3, -0.25) is 4.98 Å². The van der Waals surface area contributed by atoms with Gasteiger partial charge in [0.25, 0.3) is 0 Å². The van der Waals surface area contributed by atoms with E-state index < -0.39 is 0 Å². The number of nitrogens with one attached hydrogen (secondary N) is 1. The number of hydrogen-bond donors (Lipinski definition) is 1. The quantitative estimate of drug-likeness (QED) is 0.825. The van der Waals surface area contributed by atoms with E-state index in [0.717, 1.165) is 24.2 Å². The van der Waals surface area contributed by atoms with E-state index in [4.69, 9.17) is 0 Å². The fourth-order valence-electron chi connectivity index (χ4n) is 2.59. The molecule has 0 radical (unpaired) electrons. The van der Waals surface area contributed by atoms with Crippen molar-refractivity contribution in [3.8, 4) is 11.3 Å². The Morgan fingerprint density at radius 2 is 1.86 bits per heavy atom. The molecule has 5 heteroatoms. The van der Waals surface area contributed by atoms with Gasteiger partial charge in [-0.25, -0.2) is 9.97 Å². The maximum absolute atomic E-state index is 4.35. The van der Waals surface area contributed by atoms with Crippen LogP contribution in [-0.2, 0) is 0 Å². The summed E-state index contributed by atoms with van der Waals surface area (Å²) in [6, 6.07) is 5.83. The summed E-state index contributed by atoms with van der Waals surface area (Å²) in [7, 11) is 0. The smallest absolute Gasteiger partial charge is 0.222 e. The van der Waals surface area contributed by atoms with Gasteiger partial charge >= 0.3 is 0 Å². The molecule has 1 aliphatic rings. The Kier molecular flexibility index (Phi) is 4.74. The zero-order chi connectivity index (χ0) is 14.3. The first-order valence-electron chi connectivity index (χ1n) is 7.61. The fourth-order valence-corrected chi connectivity index (χ4v) is 2.59. The van der Waals surface area contributed by atoms with Gasteiger partial charge in [0.05, 0.1) is 5.69 Å². The second kappa shape index (κ2) is 7.13. The van der Waals surface area contributed by atoms with Crippen LogP contribution in [0.4, 0.5) is 5.95 Å². The van der Waals surface area contributed by atoms with Crippen molar-refractivity contribution in [3.05, 3.63) is 36.8 Å². The highest BCUT2D eigenvalue weighted by Gasteiger charge is 2.10. The normalized spacial score (nSPS) is 15.2. The lowest BCUT2D eigenvalue weighted by Crippen LogP contribution is -2.22. The molecule has 1 N–H and O–H groups in total. The third kappa shape index (κ3) is 3.98. The van der Waals surface area contributed by atoms with Gasteiger partial charge in [0.1, 0.15) is 0 Å². The van der Waals surface area contributed by atoms with E-state index in [1.54, 1.807) is 6.20 Å². The lowest BCUT2D eigenvalue weighted by Gasteiger charge is -2.14. The summed E-state index contributed by atoms with van der Waals surface area (Å²) in [5.41, 5.74) is 1.84. The maximum Gasteiger partial charge on any atom is 0.222 e. The fraction of sp³-hybridized carbons (Fsp3) is 0.438. The number of rotatable bonds is 6. The molecule has 0 atom stereocenters. The van der Waals surface area contributed by atoms with Crippen LogP contribution in [-0.4, -0.2) is 46.0 Å². The predicted molar refractivity (Wildman–Crippen MR) is 84.0 cm³/mol. The molecule has 2 aromatic heterocycles. The molecule has 0 aliphatic carbocycles. The van der Waals surface area contributed by atoms with E-state index in [1.807, 2.05) is 30.6 Å². The Morgan fingerprint density at radius 1 is 1.05 bits per heavy atom. The summed E-state index contributed by atoms with van der Waals surface area (Å²) < 4.78 is 0. The largest absolute Gasteiger partial charge is 0.354 e. The summed E-state index contributed by atoms with van der Waals surface area (Å²) in [6.45, 7) is 4.60. The van der Waals surface area contributed by atoms with Gasteiger partial charge in [0.15, 0.2) is 0 Å². The lowest BCUT2D eigenvalue weighted by atomic mass is 10.2. The molecule has 3 rings (SSSR count). The van der Waals surface area contributed by atoms with Crippen molar-refractivity contribution in [2.45, 2.75) is 19.3 Å². The Morgan fingerprint density at radius 3 is 2.57 bits per heavy atom. The standard InChI is InChI=1S/C16H21N5/c1-2-7-17-15(6-1)14-12-19-16(20-13-14)18-8-5-11-21-9-3-4-10-21/h1-2,6-7,12-13H,3-5,8-11H2,(H,18,19,20). The highest BCUT2D eigenvalue weighted by atomic mass is 15.1. The van der Waals surface area contributed by atoms with Crippen molar-refractivity contribution >= 4 is 5.95 Å². The van der Waals surface area contributed by atoms with Crippen LogP contribution in [0.1, 0.15) is 19.3 Å². The molecule has 2 aromatic rings. The van der Waals surface area contributed by atoms with E-state index in [9.17, 15) is 0 Å². The zero-order valence-corrected chi connectivity index (χ0v) is 12.2. The lowest BCUT2D eigenvalue weighted by molar-refractivity contribution is 0.337. The second-order valence-corrected chi connectivity index (χ2v) is 5.34. The number of aromatic nitrogens is 3. The monoisotopic (exact) mass is 283 g/mol. The van der Waals surface area contributed by atoms with Gasteiger partial charge < -0.3 is 10.2 Å². The van der Waals surface area contributed by atoms with Gasteiger partial charge in [0, 0.05) is 30.7 Å². The molecule has 110 valence electrons. The van der Waals surface area contributed by atoms with Crippen molar-refractivity contribution in [2.75, 3.05) is 31.5 Å². The van der Waals surface area contributed by atoms with Crippen LogP contribution in [0, 0.1) is 0 Å². The van der Waals surface area contributed by atoms with Crippen LogP contribution < -0.4 is 5.32 Å². The molecule has 0 unspecified atom stereocenters. The van der Waals surface area contributed by atoms with Crippen molar-refractivity contribution in [2.24, 2.45) is 0 Å². The highest BCUT2D eigenvalue weighted by molar-refractivity contribution is 5.56. The molecule has 0 aromatic carbocycles. The van der Waals surface area contributed by atoms with Crippen molar-refractivity contribution < 1.29 is 0 Å². The van der Waals surface area contributed by atoms with Crippen LogP contribution in [0.3, 0.4) is 0 Å². The molecule has 1 aliphatic heterocycles. The first-order valence-corrected chi connectivity index (χ1v) is 7.61. The summed E-state index contributed by atoms with van der Waals surface area (Å²) >= 11 is 0. The van der Waals surface area contributed by atoms with Gasteiger partial charge in [0.2, 0.25) is 5.95 Å². The predicted octanol–water partition coefficient (Wildman–Crippen LogP) is 2.44. The molecule has 5 nitrogen and oxygen atoms in total. The summed E-state index contributed by atoms with van der Waals surface area (Å²) in [6.07, 6.45) is 9.25. The van der Waals surface area contributed by atoms with Gasteiger partial charge in [-0.05, 0) is 51.0 Å². The van der Waals surface area contributed by atoms with E-state index in [-0.39, 0.29) is 0 Å². The molecule has 0 saturated carbocycles. The molecule has 0 spiro atoms. The topological polar surface area (TPSA) is 53.9 Å². The van der Waals surface area contributed by atoms with Crippen LogP contribution in [0.2, 0.25) is 0 Å². The molecule has 3 heterocycles. The van der Waals surface area contributed by atoms with E-state index >= 15 is 0 Å². The Balaban J connectivity index is 1.46. The number of nitrogens with zero attached hydrogens (tertiary/aromatic N) is 4. The van der Waals surface area contributed by atoms with Crippen molar-refractivity contribution in [1.29, 1.82) is 0 Å². The molecular formula is C16H21N5. The SMILES string of the molecule is c1ccc(-c2cnc(NCCCN3CCCC3)nc2)nc1. The highest BCUT2D eigenvalue weighted by Crippen LogP contribution is 2.14. The Bertz CT molecular complexity index is 534. The maximum atomic E-state index is 4.35. The average molecular weight is 283 g/mol. The van der Waals surface area contributed by atoms with Crippen molar-refractivity contribution in [3.63, 3.8) is 0 Å². The first kappa shape index (κ1) is 13.9. The number of anilines is 1. The molecule has 1 fully saturated rings. The van der Waals surface area contributed by atoms with Gasteiger partial charge in [-0.1, -0.05) is 6.07 Å². The van der Waals surface area contributed by atoms with E-state index in [2.05, 4.69) is 25.2 Å². The molecule has 1 saturated heterocycles. The number of likely N-dealkylation sites (tertiary alicyclic amines) is 1. The minimum Gasteiger partial charge on any atom is -0.354 e. The molecule has 0 amide bonds. The third-order valence-corrected chi connectivity index (χ3v) is 3.75. The first-order chi connectivity index (χ1) is 10.4. The summed E-state index contributed by atoms with van der Waals surface area (Å²) in [4.78, 5) is 15.5.